The van der Waals surface area contributed by atoms with Gasteiger partial charge in [-0.25, -0.2) is 0 Å². The number of anilines is 1. The molecule has 2 N–H and O–H groups in total. The van der Waals surface area contributed by atoms with Crippen LogP contribution in [0.25, 0.3) is 5.69 Å². The van der Waals surface area contributed by atoms with Crippen LogP contribution >= 0.6 is 28.1 Å². The molecule has 1 fully saturated rings. The molecule has 1 aliphatic rings. The standard InChI is InChI=1S/C30H30BrN5OS/c1-19-10-12-23(13-11-19)33-27(37)14-16-35-29(28(34-30(35)38)26-9-4-5-15-32-26)25-17-20(2)36(21(25)3)24-8-6-7-22(31)18-24/h4-13,15,17-18,28-29H,14,16H2,1-3H3,(H,33,37)(H,34,38)/t28-,29-/m1/s1. The lowest BCUT2D eigenvalue weighted by atomic mass is 9.96. The highest BCUT2D eigenvalue weighted by atomic mass is 79.9. The van der Waals surface area contributed by atoms with E-state index in [4.69, 9.17) is 12.2 Å². The summed E-state index contributed by atoms with van der Waals surface area (Å²) in [5, 5.41) is 7.13. The molecule has 0 unspecified atom stereocenters. The van der Waals surface area contributed by atoms with Crippen molar-refractivity contribution in [3.63, 3.8) is 0 Å². The molecule has 0 aliphatic carbocycles. The molecule has 5 rings (SSSR count). The first-order chi connectivity index (χ1) is 18.3. The largest absolute Gasteiger partial charge is 0.352 e. The number of rotatable bonds is 7. The van der Waals surface area contributed by atoms with Gasteiger partial charge in [0.25, 0.3) is 0 Å². The maximum atomic E-state index is 12.9. The number of amides is 1. The number of aromatic nitrogens is 2. The van der Waals surface area contributed by atoms with Crippen molar-refractivity contribution in [1.29, 1.82) is 0 Å². The van der Waals surface area contributed by atoms with Gasteiger partial charge in [-0.05, 0) is 87.1 Å². The van der Waals surface area contributed by atoms with Crippen molar-refractivity contribution >= 4 is 44.9 Å². The number of nitrogens with one attached hydrogen (secondary N) is 2. The van der Waals surface area contributed by atoms with Crippen molar-refractivity contribution < 1.29 is 4.79 Å². The Balaban J connectivity index is 1.46. The average Bonchev–Trinajstić information content (AvgIpc) is 3.39. The Morgan fingerprint density at radius 1 is 1.05 bits per heavy atom. The van der Waals surface area contributed by atoms with Crippen LogP contribution in [0.5, 0.6) is 0 Å². The molecule has 0 spiro atoms. The van der Waals surface area contributed by atoms with Gasteiger partial charge in [0.05, 0.1) is 17.8 Å². The van der Waals surface area contributed by atoms with Crippen LogP contribution in [0.4, 0.5) is 5.69 Å². The molecule has 1 amide bonds. The van der Waals surface area contributed by atoms with E-state index in [2.05, 4.69) is 73.1 Å². The highest BCUT2D eigenvalue weighted by molar-refractivity contribution is 9.10. The summed E-state index contributed by atoms with van der Waals surface area (Å²) in [5.41, 5.74) is 7.37. The monoisotopic (exact) mass is 587 g/mol. The number of hydrogen-bond donors (Lipinski definition) is 2. The number of halogens is 1. The molecule has 194 valence electrons. The molecule has 0 radical (unpaired) electrons. The van der Waals surface area contributed by atoms with Crippen LogP contribution in [0, 0.1) is 20.8 Å². The number of aryl methyl sites for hydroxylation is 2. The van der Waals surface area contributed by atoms with Crippen LogP contribution in [0.1, 0.15) is 46.7 Å². The first kappa shape index (κ1) is 26.1. The van der Waals surface area contributed by atoms with E-state index in [0.717, 1.165) is 44.1 Å². The summed E-state index contributed by atoms with van der Waals surface area (Å²) >= 11 is 9.43. The summed E-state index contributed by atoms with van der Waals surface area (Å²) in [6.07, 6.45) is 2.12. The molecule has 2 aromatic carbocycles. The second-order valence-electron chi connectivity index (χ2n) is 9.63. The summed E-state index contributed by atoms with van der Waals surface area (Å²) < 4.78 is 3.29. The van der Waals surface area contributed by atoms with E-state index in [1.807, 2.05) is 61.5 Å². The zero-order valence-corrected chi connectivity index (χ0v) is 24.0. The number of hydrogen-bond acceptors (Lipinski definition) is 3. The van der Waals surface area contributed by atoms with E-state index in [-0.39, 0.29) is 18.0 Å². The summed E-state index contributed by atoms with van der Waals surface area (Å²) in [4.78, 5) is 19.7. The fraction of sp³-hybridized carbons (Fsp3) is 0.233. The Kier molecular flexibility index (Phi) is 7.63. The second kappa shape index (κ2) is 11.1. The maximum absolute atomic E-state index is 12.9. The molecule has 2 atom stereocenters. The fourth-order valence-electron chi connectivity index (χ4n) is 5.17. The van der Waals surface area contributed by atoms with Crippen molar-refractivity contribution in [2.75, 3.05) is 11.9 Å². The molecule has 4 aromatic rings. The Bertz CT molecular complexity index is 1470. The Morgan fingerprint density at radius 2 is 1.84 bits per heavy atom. The smallest absolute Gasteiger partial charge is 0.226 e. The van der Waals surface area contributed by atoms with Crippen LogP contribution < -0.4 is 10.6 Å². The van der Waals surface area contributed by atoms with Gasteiger partial charge >= 0.3 is 0 Å². The third kappa shape index (κ3) is 5.37. The highest BCUT2D eigenvalue weighted by Crippen LogP contribution is 2.41. The summed E-state index contributed by atoms with van der Waals surface area (Å²) in [6, 6.07) is 24.0. The third-order valence-electron chi connectivity index (χ3n) is 6.97. The predicted molar refractivity (Wildman–Crippen MR) is 160 cm³/mol. The van der Waals surface area contributed by atoms with E-state index in [0.29, 0.717) is 18.1 Å². The summed E-state index contributed by atoms with van der Waals surface area (Å²) in [7, 11) is 0. The van der Waals surface area contributed by atoms with E-state index < -0.39 is 0 Å². The van der Waals surface area contributed by atoms with E-state index in [1.54, 1.807) is 6.20 Å². The molecular formula is C30H30BrN5OS. The minimum absolute atomic E-state index is 0.0451. The van der Waals surface area contributed by atoms with E-state index in [1.165, 1.54) is 0 Å². The molecule has 38 heavy (non-hydrogen) atoms. The normalized spacial score (nSPS) is 16.9. The van der Waals surface area contributed by atoms with Crippen molar-refractivity contribution in [3.05, 3.63) is 112 Å². The van der Waals surface area contributed by atoms with Gasteiger partial charge in [0, 0.05) is 46.4 Å². The quantitative estimate of drug-likeness (QED) is 0.240. The molecule has 2 aromatic heterocycles. The summed E-state index contributed by atoms with van der Waals surface area (Å²) in [6.45, 7) is 6.77. The molecule has 1 saturated heterocycles. The zero-order chi connectivity index (χ0) is 26.8. The highest BCUT2D eigenvalue weighted by Gasteiger charge is 2.41. The van der Waals surface area contributed by atoms with Crippen molar-refractivity contribution in [2.24, 2.45) is 0 Å². The zero-order valence-electron chi connectivity index (χ0n) is 21.6. The van der Waals surface area contributed by atoms with Crippen molar-refractivity contribution in [2.45, 2.75) is 39.3 Å². The molecular weight excluding hydrogens is 558 g/mol. The van der Waals surface area contributed by atoms with E-state index in [9.17, 15) is 4.79 Å². The minimum Gasteiger partial charge on any atom is -0.352 e. The number of carbonyl (C=O) groups excluding carboxylic acids is 1. The molecule has 0 saturated carbocycles. The second-order valence-corrected chi connectivity index (χ2v) is 10.9. The average molecular weight is 589 g/mol. The third-order valence-corrected chi connectivity index (χ3v) is 7.81. The van der Waals surface area contributed by atoms with Gasteiger partial charge in [-0.15, -0.1) is 0 Å². The summed E-state index contributed by atoms with van der Waals surface area (Å²) in [5.74, 6) is -0.0451. The number of thiocarbonyl (C=S) groups is 1. The van der Waals surface area contributed by atoms with Crippen LogP contribution in [0.2, 0.25) is 0 Å². The Morgan fingerprint density at radius 3 is 2.55 bits per heavy atom. The van der Waals surface area contributed by atoms with Crippen LogP contribution in [-0.4, -0.2) is 32.0 Å². The first-order valence-corrected chi connectivity index (χ1v) is 13.8. The van der Waals surface area contributed by atoms with Gasteiger partial charge in [-0.1, -0.05) is 45.8 Å². The van der Waals surface area contributed by atoms with Crippen LogP contribution in [0.3, 0.4) is 0 Å². The lowest BCUT2D eigenvalue weighted by Crippen LogP contribution is -2.32. The van der Waals surface area contributed by atoms with Crippen molar-refractivity contribution in [1.82, 2.24) is 19.8 Å². The van der Waals surface area contributed by atoms with Crippen LogP contribution in [-0.2, 0) is 4.79 Å². The van der Waals surface area contributed by atoms with Crippen LogP contribution in [0.15, 0.2) is 83.5 Å². The Labute approximate surface area is 237 Å². The van der Waals surface area contributed by atoms with Gasteiger partial charge < -0.3 is 20.1 Å². The van der Waals surface area contributed by atoms with Gasteiger partial charge in [-0.2, -0.15) is 0 Å². The lowest BCUT2D eigenvalue weighted by molar-refractivity contribution is -0.116. The minimum atomic E-state index is -0.139. The van der Waals surface area contributed by atoms with Gasteiger partial charge in [-0.3, -0.25) is 9.78 Å². The molecule has 6 nitrogen and oxygen atoms in total. The van der Waals surface area contributed by atoms with E-state index >= 15 is 0 Å². The Hall–Kier alpha value is -3.49. The molecule has 0 bridgehead atoms. The van der Waals surface area contributed by atoms with Crippen molar-refractivity contribution in [3.8, 4) is 5.69 Å². The predicted octanol–water partition coefficient (Wildman–Crippen LogP) is 6.56. The van der Waals surface area contributed by atoms with Gasteiger partial charge in [0.1, 0.15) is 0 Å². The van der Waals surface area contributed by atoms with Gasteiger partial charge in [0.15, 0.2) is 5.11 Å². The number of pyridine rings is 1. The molecule has 8 heteroatoms. The first-order valence-electron chi connectivity index (χ1n) is 12.6. The topological polar surface area (TPSA) is 62.2 Å². The number of carbonyl (C=O) groups is 1. The number of benzene rings is 2. The molecule has 3 heterocycles. The SMILES string of the molecule is Cc1ccc(NC(=O)CCN2C(=S)N[C@H](c3ccccn3)[C@H]2c2cc(C)n(-c3cccc(Br)c3)c2C)cc1. The fourth-order valence-corrected chi connectivity index (χ4v) is 5.89. The lowest BCUT2D eigenvalue weighted by Gasteiger charge is -2.28. The number of nitrogens with zero attached hydrogens (tertiary/aromatic N) is 3. The van der Waals surface area contributed by atoms with Gasteiger partial charge in [0.2, 0.25) is 5.91 Å². The molecule has 1 aliphatic heterocycles. The maximum Gasteiger partial charge on any atom is 0.226 e.